The van der Waals surface area contributed by atoms with E-state index in [1.807, 2.05) is 0 Å². The van der Waals surface area contributed by atoms with Gasteiger partial charge < -0.3 is 18.5 Å². The molecule has 1 aromatic rings. The molecule has 0 atom stereocenters. The van der Waals surface area contributed by atoms with Crippen LogP contribution < -0.4 is 10.0 Å². The molecule has 0 amide bonds. The third kappa shape index (κ3) is 6.34. The van der Waals surface area contributed by atoms with Crippen LogP contribution in [0.25, 0.3) is 0 Å². The molecule has 1 aromatic carbocycles. The summed E-state index contributed by atoms with van der Waals surface area (Å²) in [4.78, 5) is 11.5. The smallest absolute Gasteiger partial charge is 0.365 e. The molecular formula is C16H25O6P. The van der Waals surface area contributed by atoms with Gasteiger partial charge in [0.05, 0.1) is 18.8 Å². The second kappa shape index (κ2) is 9.06. The summed E-state index contributed by atoms with van der Waals surface area (Å²) in [5.41, 5.74) is 0. The predicted octanol–water partition coefficient (Wildman–Crippen LogP) is 3.30. The second-order valence-corrected chi connectivity index (χ2v) is 7.27. The quantitative estimate of drug-likeness (QED) is 0.506. The summed E-state index contributed by atoms with van der Waals surface area (Å²) in [7, 11) is -3.57. The fourth-order valence-electron chi connectivity index (χ4n) is 1.84. The van der Waals surface area contributed by atoms with Crippen LogP contribution in [0.3, 0.4) is 0 Å². The summed E-state index contributed by atoms with van der Waals surface area (Å²) >= 11 is 0. The highest BCUT2D eigenvalue weighted by Crippen LogP contribution is 2.51. The normalized spacial score (nSPS) is 11.8. The Balaban J connectivity index is 3.07. The molecule has 0 heterocycles. The molecule has 0 N–H and O–H groups in total. The number of carbonyl (C=O) groups is 1. The Kier molecular flexibility index (Phi) is 7.76. The van der Waals surface area contributed by atoms with E-state index in [0.29, 0.717) is 5.30 Å². The molecule has 6 nitrogen and oxygen atoms in total. The maximum Gasteiger partial charge on any atom is 0.365 e. The van der Waals surface area contributed by atoms with Crippen molar-refractivity contribution in [2.45, 2.75) is 46.8 Å². The number of benzene rings is 1. The maximum atomic E-state index is 13.2. The summed E-state index contributed by atoms with van der Waals surface area (Å²) in [6.45, 7) is 8.82. The van der Waals surface area contributed by atoms with Gasteiger partial charge in [-0.05, 0) is 46.8 Å². The van der Waals surface area contributed by atoms with Gasteiger partial charge in [0, 0.05) is 0 Å². The van der Waals surface area contributed by atoms with Crippen molar-refractivity contribution in [2.24, 2.45) is 0 Å². The van der Waals surface area contributed by atoms with Crippen molar-refractivity contribution in [3.05, 3.63) is 24.3 Å². The highest BCUT2D eigenvalue weighted by atomic mass is 31.2. The average Bonchev–Trinajstić information content (AvgIpc) is 2.44. The van der Waals surface area contributed by atoms with Crippen molar-refractivity contribution < 1.29 is 27.9 Å². The van der Waals surface area contributed by atoms with Gasteiger partial charge in [-0.3, -0.25) is 4.57 Å². The first-order valence-corrected chi connectivity index (χ1v) is 9.17. The molecule has 0 aromatic heterocycles. The predicted molar refractivity (Wildman–Crippen MR) is 88.3 cm³/mol. The van der Waals surface area contributed by atoms with Crippen LogP contribution in [0.4, 0.5) is 0 Å². The first kappa shape index (κ1) is 19.7. The lowest BCUT2D eigenvalue weighted by Gasteiger charge is -2.24. The Labute approximate surface area is 137 Å². The Bertz CT molecular complexity index is 541. The lowest BCUT2D eigenvalue weighted by molar-refractivity contribution is -0.145. The first-order valence-electron chi connectivity index (χ1n) is 7.63. The largest absolute Gasteiger partial charge is 0.481 e. The SMILES string of the molecule is CCOC(=O)COc1ccccc1P(=O)(OC(C)C)OC(C)C. The van der Waals surface area contributed by atoms with Crippen LogP contribution in [-0.2, 0) is 23.1 Å². The molecule has 0 fully saturated rings. The Morgan fingerprint density at radius 3 is 2.17 bits per heavy atom. The minimum absolute atomic E-state index is 0.270. The van der Waals surface area contributed by atoms with E-state index in [1.165, 1.54) is 0 Å². The van der Waals surface area contributed by atoms with Crippen LogP contribution in [0.5, 0.6) is 5.75 Å². The van der Waals surface area contributed by atoms with Gasteiger partial charge in [-0.1, -0.05) is 12.1 Å². The Morgan fingerprint density at radius 1 is 1.09 bits per heavy atom. The zero-order chi connectivity index (χ0) is 17.5. The first-order chi connectivity index (χ1) is 10.8. The second-order valence-electron chi connectivity index (χ2n) is 5.37. The van der Waals surface area contributed by atoms with Crippen molar-refractivity contribution in [1.29, 1.82) is 0 Å². The summed E-state index contributed by atoms with van der Waals surface area (Å²) in [5.74, 6) is -0.211. The highest BCUT2D eigenvalue weighted by Gasteiger charge is 2.33. The number of ether oxygens (including phenoxy) is 2. The van der Waals surface area contributed by atoms with Gasteiger partial charge in [0.1, 0.15) is 11.1 Å². The molecule has 0 saturated carbocycles. The van der Waals surface area contributed by atoms with E-state index < -0.39 is 13.6 Å². The third-order valence-electron chi connectivity index (χ3n) is 2.51. The van der Waals surface area contributed by atoms with Crippen LogP contribution in [0.2, 0.25) is 0 Å². The molecule has 0 aliphatic heterocycles. The molecule has 0 bridgehead atoms. The molecule has 7 heteroatoms. The molecule has 0 saturated heterocycles. The van der Waals surface area contributed by atoms with Crippen LogP contribution in [-0.4, -0.2) is 31.4 Å². The minimum Gasteiger partial charge on any atom is -0.481 e. The van der Waals surface area contributed by atoms with Crippen molar-refractivity contribution >= 4 is 18.9 Å². The summed E-state index contributed by atoms with van der Waals surface area (Å²) in [6, 6.07) is 6.67. The van der Waals surface area contributed by atoms with E-state index in [2.05, 4.69) is 0 Å². The van der Waals surface area contributed by atoms with Gasteiger partial charge in [0.15, 0.2) is 6.61 Å². The summed E-state index contributed by atoms with van der Waals surface area (Å²) in [6.07, 6.45) is -0.588. The number of hydrogen-bond acceptors (Lipinski definition) is 6. The molecule has 1 rings (SSSR count). The van der Waals surface area contributed by atoms with Gasteiger partial charge in [-0.2, -0.15) is 0 Å². The zero-order valence-electron chi connectivity index (χ0n) is 14.3. The summed E-state index contributed by atoms with van der Waals surface area (Å²) in [5, 5.41) is 0.298. The van der Waals surface area contributed by atoms with Gasteiger partial charge in [-0.25, -0.2) is 4.79 Å². The van der Waals surface area contributed by atoms with E-state index in [1.54, 1.807) is 58.9 Å². The number of rotatable bonds is 9. The van der Waals surface area contributed by atoms with Crippen LogP contribution >= 0.6 is 7.60 Å². The lowest BCUT2D eigenvalue weighted by atomic mass is 10.3. The molecular weight excluding hydrogens is 319 g/mol. The molecule has 0 aliphatic carbocycles. The van der Waals surface area contributed by atoms with Gasteiger partial charge >= 0.3 is 13.6 Å². The lowest BCUT2D eigenvalue weighted by Crippen LogP contribution is -2.21. The molecule has 130 valence electrons. The van der Waals surface area contributed by atoms with E-state index in [9.17, 15) is 9.36 Å². The number of carbonyl (C=O) groups excluding carboxylic acids is 1. The molecule has 23 heavy (non-hydrogen) atoms. The fourth-order valence-corrected chi connectivity index (χ4v) is 3.90. The Hall–Kier alpha value is -1.36. The van der Waals surface area contributed by atoms with Crippen LogP contribution in [0, 0.1) is 0 Å². The minimum atomic E-state index is -3.57. The number of para-hydroxylation sites is 1. The monoisotopic (exact) mass is 344 g/mol. The standard InChI is InChI=1S/C16H25O6P/c1-6-19-16(17)11-20-14-9-7-8-10-15(14)23(18,21-12(2)3)22-13(4)5/h7-10,12-13H,6,11H2,1-5H3. The average molecular weight is 344 g/mol. The fraction of sp³-hybridized carbons (Fsp3) is 0.562. The van der Waals surface area contributed by atoms with Gasteiger partial charge in [-0.15, -0.1) is 0 Å². The van der Waals surface area contributed by atoms with Crippen molar-refractivity contribution in [2.75, 3.05) is 13.2 Å². The molecule has 0 aliphatic rings. The Morgan fingerprint density at radius 2 is 1.65 bits per heavy atom. The van der Waals surface area contributed by atoms with E-state index >= 15 is 0 Å². The number of hydrogen-bond donors (Lipinski definition) is 0. The summed E-state index contributed by atoms with van der Waals surface area (Å²) < 4.78 is 34.6. The highest BCUT2D eigenvalue weighted by molar-refractivity contribution is 7.62. The van der Waals surface area contributed by atoms with Crippen LogP contribution in [0.1, 0.15) is 34.6 Å². The third-order valence-corrected chi connectivity index (χ3v) is 4.87. The molecule has 0 unspecified atom stereocenters. The molecule has 0 spiro atoms. The van der Waals surface area contributed by atoms with Gasteiger partial charge in [0.25, 0.3) is 0 Å². The van der Waals surface area contributed by atoms with E-state index in [0.717, 1.165) is 0 Å². The topological polar surface area (TPSA) is 71.1 Å². The zero-order valence-corrected chi connectivity index (χ0v) is 15.2. The van der Waals surface area contributed by atoms with Gasteiger partial charge in [0.2, 0.25) is 0 Å². The van der Waals surface area contributed by atoms with E-state index in [4.69, 9.17) is 18.5 Å². The van der Waals surface area contributed by atoms with Crippen molar-refractivity contribution in [3.63, 3.8) is 0 Å². The van der Waals surface area contributed by atoms with Crippen molar-refractivity contribution in [1.82, 2.24) is 0 Å². The van der Waals surface area contributed by atoms with Crippen LogP contribution in [0.15, 0.2) is 24.3 Å². The molecule has 0 radical (unpaired) electrons. The van der Waals surface area contributed by atoms with E-state index in [-0.39, 0.29) is 31.2 Å². The maximum absolute atomic E-state index is 13.2. The number of esters is 1. The van der Waals surface area contributed by atoms with Crippen molar-refractivity contribution in [3.8, 4) is 5.75 Å².